The Bertz CT molecular complexity index is 809. The van der Waals surface area contributed by atoms with Gasteiger partial charge in [0.2, 0.25) is 5.91 Å². The third-order valence-electron chi connectivity index (χ3n) is 4.20. The minimum Gasteiger partial charge on any atom is -0.481 e. The van der Waals surface area contributed by atoms with Crippen LogP contribution in [0, 0.1) is 5.92 Å². The van der Waals surface area contributed by atoms with Crippen molar-refractivity contribution in [2.45, 2.75) is 31.7 Å². The number of hydrogen-bond donors (Lipinski definition) is 2. The molecule has 0 bridgehead atoms. The van der Waals surface area contributed by atoms with Gasteiger partial charge in [0, 0.05) is 22.0 Å². The number of halogens is 2. The minimum absolute atomic E-state index is 0.0718. The monoisotopic (exact) mass is 398 g/mol. The maximum absolute atomic E-state index is 12.2. The first-order valence-electron chi connectivity index (χ1n) is 7.84. The molecule has 0 spiro atoms. The second-order valence-corrected chi connectivity index (χ2v) is 7.76. The van der Waals surface area contributed by atoms with Crippen molar-refractivity contribution in [3.05, 3.63) is 39.3 Å². The molecule has 25 heavy (non-hydrogen) atoms. The highest BCUT2D eigenvalue weighted by Gasteiger charge is 2.30. The van der Waals surface area contributed by atoms with Crippen LogP contribution in [0.5, 0.6) is 0 Å². The molecule has 2 atom stereocenters. The molecule has 5 nitrogen and oxygen atoms in total. The molecule has 1 aromatic heterocycles. The van der Waals surface area contributed by atoms with E-state index in [0.29, 0.717) is 35.0 Å². The highest BCUT2D eigenvalue weighted by atomic mass is 35.5. The van der Waals surface area contributed by atoms with Crippen molar-refractivity contribution in [3.63, 3.8) is 0 Å². The van der Waals surface area contributed by atoms with Gasteiger partial charge < -0.3 is 10.4 Å². The zero-order valence-corrected chi connectivity index (χ0v) is 15.5. The number of thiazole rings is 1. The van der Waals surface area contributed by atoms with Crippen LogP contribution < -0.4 is 5.32 Å². The van der Waals surface area contributed by atoms with Crippen LogP contribution >= 0.6 is 34.5 Å². The van der Waals surface area contributed by atoms with Crippen LogP contribution in [0.1, 0.15) is 25.0 Å². The minimum atomic E-state index is -0.791. The maximum atomic E-state index is 12.2. The number of hydrogen-bond acceptors (Lipinski definition) is 4. The zero-order chi connectivity index (χ0) is 18.0. The standard InChI is InChI=1S/C17H16Cl2N2O3S/c18-10-2-4-13(14(19)6-10)16-21-12(8-25-16)7-15(22)20-11-3-1-9(5-11)17(23)24/h2,4,6,8-9,11H,1,3,5,7H2,(H,20,22)(H,23,24)/t9-,11+/m0/s1. The highest BCUT2D eigenvalue weighted by molar-refractivity contribution is 7.13. The molecule has 3 rings (SSSR count). The number of nitrogens with zero attached hydrogens (tertiary/aromatic N) is 1. The molecule has 0 unspecified atom stereocenters. The van der Waals surface area contributed by atoms with E-state index < -0.39 is 5.97 Å². The van der Waals surface area contributed by atoms with Gasteiger partial charge in [-0.2, -0.15) is 0 Å². The van der Waals surface area contributed by atoms with E-state index in [1.54, 1.807) is 18.2 Å². The molecule has 1 saturated carbocycles. The van der Waals surface area contributed by atoms with E-state index in [4.69, 9.17) is 28.3 Å². The molecular weight excluding hydrogens is 383 g/mol. The zero-order valence-electron chi connectivity index (χ0n) is 13.2. The average molecular weight is 399 g/mol. The number of carbonyl (C=O) groups is 2. The molecule has 0 aliphatic heterocycles. The molecule has 2 N–H and O–H groups in total. The van der Waals surface area contributed by atoms with E-state index >= 15 is 0 Å². The molecule has 1 amide bonds. The van der Waals surface area contributed by atoms with Crippen LogP contribution in [-0.2, 0) is 16.0 Å². The first kappa shape index (κ1) is 18.2. The summed E-state index contributed by atoms with van der Waals surface area (Å²) in [6.07, 6.45) is 1.96. The molecule has 0 radical (unpaired) electrons. The first-order chi connectivity index (χ1) is 11.9. The summed E-state index contributed by atoms with van der Waals surface area (Å²) in [4.78, 5) is 27.6. The summed E-state index contributed by atoms with van der Waals surface area (Å²) in [6.45, 7) is 0. The number of carbonyl (C=O) groups excluding carboxylic acids is 1. The number of benzene rings is 1. The SMILES string of the molecule is O=C(Cc1csc(-c2ccc(Cl)cc2Cl)n1)N[C@@H]1CC[C@H](C(=O)O)C1. The van der Waals surface area contributed by atoms with Gasteiger partial charge in [-0.15, -0.1) is 11.3 Å². The number of amides is 1. The van der Waals surface area contributed by atoms with E-state index in [0.717, 1.165) is 10.6 Å². The molecular formula is C17H16Cl2N2O3S. The smallest absolute Gasteiger partial charge is 0.306 e. The summed E-state index contributed by atoms with van der Waals surface area (Å²) >= 11 is 13.5. The van der Waals surface area contributed by atoms with Crippen LogP contribution in [0.15, 0.2) is 23.6 Å². The van der Waals surface area contributed by atoms with Gasteiger partial charge in [-0.3, -0.25) is 9.59 Å². The van der Waals surface area contributed by atoms with Crippen LogP contribution in [0.3, 0.4) is 0 Å². The number of aromatic nitrogens is 1. The fourth-order valence-corrected chi connectivity index (χ4v) is 4.37. The Labute approximate surface area is 159 Å². The predicted octanol–water partition coefficient (Wildman–Crippen LogP) is 4.03. The van der Waals surface area contributed by atoms with Crippen LogP contribution in [0.2, 0.25) is 10.0 Å². The summed E-state index contributed by atoms with van der Waals surface area (Å²) in [5.74, 6) is -1.29. The highest BCUT2D eigenvalue weighted by Crippen LogP contribution is 2.32. The average Bonchev–Trinajstić information content (AvgIpc) is 3.17. The molecule has 2 aromatic rings. The molecule has 8 heteroatoms. The van der Waals surface area contributed by atoms with Crippen LogP contribution in [-0.4, -0.2) is 28.0 Å². The lowest BCUT2D eigenvalue weighted by molar-refractivity contribution is -0.141. The van der Waals surface area contributed by atoms with Gasteiger partial charge in [0.25, 0.3) is 0 Å². The van der Waals surface area contributed by atoms with Gasteiger partial charge in [-0.25, -0.2) is 4.98 Å². The lowest BCUT2D eigenvalue weighted by atomic mass is 10.1. The predicted molar refractivity (Wildman–Crippen MR) is 98.2 cm³/mol. The van der Waals surface area contributed by atoms with Crippen molar-refractivity contribution in [1.82, 2.24) is 10.3 Å². The Balaban J connectivity index is 1.60. The molecule has 0 saturated heterocycles. The van der Waals surface area contributed by atoms with Gasteiger partial charge in [-0.05, 0) is 37.5 Å². The first-order valence-corrected chi connectivity index (χ1v) is 9.48. The summed E-state index contributed by atoms with van der Waals surface area (Å²) in [6, 6.07) is 5.14. The Hall–Kier alpha value is -1.63. The molecule has 132 valence electrons. The van der Waals surface area contributed by atoms with E-state index in [2.05, 4.69) is 10.3 Å². The van der Waals surface area contributed by atoms with Gasteiger partial charge >= 0.3 is 5.97 Å². The Morgan fingerprint density at radius 3 is 2.80 bits per heavy atom. The lowest BCUT2D eigenvalue weighted by Crippen LogP contribution is -2.34. The van der Waals surface area contributed by atoms with Crippen molar-refractivity contribution in [2.75, 3.05) is 0 Å². The third-order valence-corrected chi connectivity index (χ3v) is 5.67. The molecule has 1 aliphatic carbocycles. The summed E-state index contributed by atoms with van der Waals surface area (Å²) in [7, 11) is 0. The number of nitrogens with one attached hydrogen (secondary N) is 1. The third kappa shape index (κ3) is 4.51. The topological polar surface area (TPSA) is 79.3 Å². The van der Waals surface area contributed by atoms with Crippen molar-refractivity contribution < 1.29 is 14.7 Å². The largest absolute Gasteiger partial charge is 0.481 e. The van der Waals surface area contributed by atoms with E-state index in [9.17, 15) is 9.59 Å². The van der Waals surface area contributed by atoms with Gasteiger partial charge in [-0.1, -0.05) is 23.2 Å². The van der Waals surface area contributed by atoms with Crippen molar-refractivity contribution >= 4 is 46.4 Å². The fourth-order valence-electron chi connectivity index (χ4n) is 2.95. The molecule has 1 fully saturated rings. The molecule has 1 aromatic carbocycles. The fraction of sp³-hybridized carbons (Fsp3) is 0.353. The van der Waals surface area contributed by atoms with Crippen LogP contribution in [0.25, 0.3) is 10.6 Å². The summed E-state index contributed by atoms with van der Waals surface area (Å²) in [5.41, 5.74) is 1.44. The number of carboxylic acid groups (broad SMARTS) is 1. The van der Waals surface area contributed by atoms with Crippen LogP contribution in [0.4, 0.5) is 0 Å². The quantitative estimate of drug-likeness (QED) is 0.796. The normalized spacial score (nSPS) is 19.8. The van der Waals surface area contributed by atoms with Crippen molar-refractivity contribution in [3.8, 4) is 10.6 Å². The molecule has 1 heterocycles. The Morgan fingerprint density at radius 2 is 2.12 bits per heavy atom. The summed E-state index contributed by atoms with van der Waals surface area (Å²) < 4.78 is 0. The number of carboxylic acids is 1. The number of rotatable bonds is 5. The van der Waals surface area contributed by atoms with E-state index in [1.807, 2.05) is 5.38 Å². The van der Waals surface area contributed by atoms with E-state index in [1.165, 1.54) is 11.3 Å². The van der Waals surface area contributed by atoms with Gasteiger partial charge in [0.1, 0.15) is 5.01 Å². The number of aliphatic carboxylic acids is 1. The van der Waals surface area contributed by atoms with Gasteiger partial charge in [0.15, 0.2) is 0 Å². The Kier molecular flexibility index (Phi) is 5.61. The maximum Gasteiger partial charge on any atom is 0.306 e. The Morgan fingerprint density at radius 1 is 1.32 bits per heavy atom. The van der Waals surface area contributed by atoms with Crippen molar-refractivity contribution in [1.29, 1.82) is 0 Å². The van der Waals surface area contributed by atoms with Gasteiger partial charge in [0.05, 0.1) is 23.1 Å². The second kappa shape index (κ2) is 7.72. The lowest BCUT2D eigenvalue weighted by Gasteiger charge is -2.11. The van der Waals surface area contributed by atoms with E-state index in [-0.39, 0.29) is 24.3 Å². The summed E-state index contributed by atoms with van der Waals surface area (Å²) in [5, 5.41) is 15.5. The molecule has 1 aliphatic rings. The van der Waals surface area contributed by atoms with Crippen molar-refractivity contribution in [2.24, 2.45) is 5.92 Å². The second-order valence-electron chi connectivity index (χ2n) is 6.06.